The van der Waals surface area contributed by atoms with Crippen LogP contribution >= 0.6 is 23.2 Å². The Morgan fingerprint density at radius 2 is 1.21 bits per heavy atom. The van der Waals surface area contributed by atoms with E-state index in [4.69, 9.17) is 23.2 Å². The maximum absolute atomic E-state index is 11.0. The molecule has 0 aliphatic heterocycles. The van der Waals surface area contributed by atoms with Crippen LogP contribution in [0.4, 0.5) is 5.69 Å². The van der Waals surface area contributed by atoms with Crippen LogP contribution in [0.2, 0.25) is 10.0 Å². The van der Waals surface area contributed by atoms with Gasteiger partial charge in [-0.15, -0.1) is 10.2 Å². The number of hydrogen-bond acceptors (Lipinski definition) is 4. The van der Waals surface area contributed by atoms with Crippen LogP contribution in [0, 0.1) is 10.1 Å². The Morgan fingerprint density at radius 3 is 1.76 bits per heavy atom. The lowest BCUT2D eigenvalue weighted by atomic mass is 9.98. The van der Waals surface area contributed by atoms with Gasteiger partial charge in [0.25, 0.3) is 5.69 Å². The normalized spacial score (nSPS) is 10.7. The molecule has 1 aromatic heterocycles. The number of hydrogen-bond donors (Lipinski definition) is 0. The van der Waals surface area contributed by atoms with E-state index in [0.29, 0.717) is 21.4 Å². The van der Waals surface area contributed by atoms with Gasteiger partial charge in [0.1, 0.15) is 5.69 Å². The van der Waals surface area contributed by atoms with E-state index in [1.165, 1.54) is 12.1 Å². The van der Waals surface area contributed by atoms with Crippen molar-refractivity contribution in [2.75, 3.05) is 0 Å². The molecule has 0 saturated carbocycles. The minimum atomic E-state index is -0.423. The smallest absolute Gasteiger partial charge is 0.258 e. The van der Waals surface area contributed by atoms with E-state index < -0.39 is 4.92 Å². The van der Waals surface area contributed by atoms with Crippen molar-refractivity contribution < 1.29 is 4.92 Å². The average molecular weight is 422 g/mol. The van der Waals surface area contributed by atoms with E-state index >= 15 is 0 Å². The predicted molar refractivity (Wildman–Crippen MR) is 115 cm³/mol. The fourth-order valence-electron chi connectivity index (χ4n) is 2.96. The van der Waals surface area contributed by atoms with Crippen LogP contribution < -0.4 is 0 Å². The summed E-state index contributed by atoms with van der Waals surface area (Å²) in [6.07, 6.45) is 0. The fraction of sp³-hybridized carbons (Fsp3) is 0. The van der Waals surface area contributed by atoms with Gasteiger partial charge in [-0.25, -0.2) is 0 Å². The second-order valence-electron chi connectivity index (χ2n) is 6.31. The Balaban J connectivity index is 1.87. The summed E-state index contributed by atoms with van der Waals surface area (Å²) >= 11 is 12.0. The lowest BCUT2D eigenvalue weighted by molar-refractivity contribution is -0.384. The van der Waals surface area contributed by atoms with Gasteiger partial charge in [-0.2, -0.15) is 0 Å². The lowest BCUT2D eigenvalue weighted by Gasteiger charge is -2.11. The number of rotatable bonds is 4. The van der Waals surface area contributed by atoms with Crippen molar-refractivity contribution in [1.29, 1.82) is 0 Å². The molecule has 0 atom stereocenters. The summed E-state index contributed by atoms with van der Waals surface area (Å²) in [5.41, 5.74) is 4.68. The van der Waals surface area contributed by atoms with E-state index in [-0.39, 0.29) is 5.69 Å². The summed E-state index contributed by atoms with van der Waals surface area (Å²) in [6.45, 7) is 0. The molecule has 3 aromatic carbocycles. The largest absolute Gasteiger partial charge is 0.269 e. The SMILES string of the molecule is O=[N+]([O-])c1ccc(-c2cc(-c3ccc(Cl)cc3)nnc2-c2ccc(Cl)cc2)cc1. The van der Waals surface area contributed by atoms with Crippen LogP contribution in [0.1, 0.15) is 0 Å². The van der Waals surface area contributed by atoms with Crippen molar-refractivity contribution in [1.82, 2.24) is 10.2 Å². The molecule has 7 heteroatoms. The fourth-order valence-corrected chi connectivity index (χ4v) is 3.21. The van der Waals surface area contributed by atoms with Gasteiger partial charge in [0, 0.05) is 38.9 Å². The zero-order valence-electron chi connectivity index (χ0n) is 14.9. The summed E-state index contributed by atoms with van der Waals surface area (Å²) in [6, 6.07) is 22.9. The average Bonchev–Trinajstić information content (AvgIpc) is 2.75. The molecular weight excluding hydrogens is 409 g/mol. The third-order valence-electron chi connectivity index (χ3n) is 4.44. The number of aromatic nitrogens is 2. The lowest BCUT2D eigenvalue weighted by Crippen LogP contribution is -1.96. The van der Waals surface area contributed by atoms with Gasteiger partial charge in [0.05, 0.1) is 10.6 Å². The molecule has 142 valence electrons. The first-order chi connectivity index (χ1) is 14.0. The van der Waals surface area contributed by atoms with E-state index in [0.717, 1.165) is 22.3 Å². The molecule has 1 heterocycles. The Labute approximate surface area is 176 Å². The Kier molecular flexibility index (Phi) is 5.25. The highest BCUT2D eigenvalue weighted by Gasteiger charge is 2.14. The first-order valence-corrected chi connectivity index (χ1v) is 9.41. The number of nitrogens with zero attached hydrogens (tertiary/aromatic N) is 3. The Bertz CT molecular complexity index is 1180. The molecule has 5 nitrogen and oxygen atoms in total. The summed E-state index contributed by atoms with van der Waals surface area (Å²) in [7, 11) is 0. The maximum atomic E-state index is 11.0. The van der Waals surface area contributed by atoms with E-state index in [1.54, 1.807) is 36.4 Å². The summed E-state index contributed by atoms with van der Waals surface area (Å²) < 4.78 is 0. The van der Waals surface area contributed by atoms with E-state index in [2.05, 4.69) is 10.2 Å². The molecule has 0 saturated heterocycles. The Morgan fingerprint density at radius 1 is 0.690 bits per heavy atom. The van der Waals surface area contributed by atoms with Crippen LogP contribution in [-0.4, -0.2) is 15.1 Å². The molecule has 0 fully saturated rings. The van der Waals surface area contributed by atoms with E-state index in [1.807, 2.05) is 30.3 Å². The number of non-ortho nitro benzene ring substituents is 1. The summed E-state index contributed by atoms with van der Waals surface area (Å²) in [4.78, 5) is 10.6. The van der Waals surface area contributed by atoms with Gasteiger partial charge in [-0.05, 0) is 48.0 Å². The van der Waals surface area contributed by atoms with E-state index in [9.17, 15) is 10.1 Å². The van der Waals surface area contributed by atoms with Crippen LogP contribution in [-0.2, 0) is 0 Å². The molecule has 0 bridgehead atoms. The molecule has 0 amide bonds. The first-order valence-electron chi connectivity index (χ1n) is 8.66. The van der Waals surface area contributed by atoms with Crippen molar-refractivity contribution in [2.45, 2.75) is 0 Å². The summed E-state index contributed by atoms with van der Waals surface area (Å²) in [5.74, 6) is 0. The molecule has 29 heavy (non-hydrogen) atoms. The minimum absolute atomic E-state index is 0.0294. The van der Waals surface area contributed by atoms with Crippen LogP contribution in [0.5, 0.6) is 0 Å². The van der Waals surface area contributed by atoms with Crippen molar-refractivity contribution in [2.24, 2.45) is 0 Å². The van der Waals surface area contributed by atoms with Crippen molar-refractivity contribution in [3.05, 3.63) is 99.0 Å². The third kappa shape index (κ3) is 4.11. The number of nitro groups is 1. The molecular formula is C22H13Cl2N3O2. The number of nitro benzene ring substituents is 1. The monoisotopic (exact) mass is 421 g/mol. The van der Waals surface area contributed by atoms with Gasteiger partial charge >= 0.3 is 0 Å². The molecule has 4 aromatic rings. The van der Waals surface area contributed by atoms with Gasteiger partial charge in [0.15, 0.2) is 0 Å². The second-order valence-corrected chi connectivity index (χ2v) is 7.18. The molecule has 0 unspecified atom stereocenters. The zero-order chi connectivity index (χ0) is 20.4. The topological polar surface area (TPSA) is 68.9 Å². The standard InChI is InChI=1S/C22H13Cl2N3O2/c23-17-7-1-15(2-8-17)21-13-20(14-5-11-19(12-6-14)27(28)29)22(26-25-21)16-3-9-18(24)10-4-16/h1-13H. The highest BCUT2D eigenvalue weighted by atomic mass is 35.5. The van der Waals surface area contributed by atoms with Crippen LogP contribution in [0.3, 0.4) is 0 Å². The summed E-state index contributed by atoms with van der Waals surface area (Å²) in [5, 5.41) is 21.1. The first kappa shape index (κ1) is 19.1. The second kappa shape index (κ2) is 7.99. The Hall–Kier alpha value is -3.28. The highest BCUT2D eigenvalue weighted by molar-refractivity contribution is 6.30. The number of benzene rings is 3. The molecule has 0 aliphatic rings. The van der Waals surface area contributed by atoms with Crippen LogP contribution in [0.25, 0.3) is 33.6 Å². The molecule has 4 rings (SSSR count). The minimum Gasteiger partial charge on any atom is -0.258 e. The number of halogens is 2. The van der Waals surface area contributed by atoms with Crippen molar-refractivity contribution in [3.8, 4) is 33.6 Å². The highest BCUT2D eigenvalue weighted by Crippen LogP contribution is 2.34. The van der Waals surface area contributed by atoms with Crippen LogP contribution in [0.15, 0.2) is 78.9 Å². The van der Waals surface area contributed by atoms with Crippen molar-refractivity contribution >= 4 is 28.9 Å². The van der Waals surface area contributed by atoms with Gasteiger partial charge in [-0.3, -0.25) is 10.1 Å². The molecule has 0 N–H and O–H groups in total. The predicted octanol–water partition coefficient (Wildman–Crippen LogP) is 6.69. The zero-order valence-corrected chi connectivity index (χ0v) is 16.4. The van der Waals surface area contributed by atoms with Gasteiger partial charge < -0.3 is 0 Å². The third-order valence-corrected chi connectivity index (χ3v) is 4.94. The van der Waals surface area contributed by atoms with Crippen molar-refractivity contribution in [3.63, 3.8) is 0 Å². The van der Waals surface area contributed by atoms with Gasteiger partial charge in [-0.1, -0.05) is 47.5 Å². The quantitative estimate of drug-likeness (QED) is 0.271. The molecule has 0 spiro atoms. The molecule has 0 radical (unpaired) electrons. The molecule has 0 aliphatic carbocycles. The van der Waals surface area contributed by atoms with Gasteiger partial charge in [0.2, 0.25) is 0 Å². The maximum Gasteiger partial charge on any atom is 0.269 e.